The summed E-state index contributed by atoms with van der Waals surface area (Å²) in [5.41, 5.74) is 0.373. The van der Waals surface area contributed by atoms with Crippen LogP contribution in [0.15, 0.2) is 47.6 Å². The number of ether oxygens (including phenoxy) is 2. The molecule has 3 rings (SSSR count). The lowest BCUT2D eigenvalue weighted by Gasteiger charge is -2.33. The molecule has 5 nitrogen and oxygen atoms in total. The van der Waals surface area contributed by atoms with Gasteiger partial charge in [-0.2, -0.15) is 0 Å². The van der Waals surface area contributed by atoms with E-state index in [2.05, 4.69) is 33.8 Å². The number of rotatable bonds is 6. The van der Waals surface area contributed by atoms with E-state index in [-0.39, 0.29) is 34.9 Å². The summed E-state index contributed by atoms with van der Waals surface area (Å²) in [5.74, 6) is -0.438. The first-order valence-electron chi connectivity index (χ1n) is 13.1. The molecule has 0 saturated heterocycles. The van der Waals surface area contributed by atoms with Crippen molar-refractivity contribution in [2.24, 2.45) is 29.1 Å². The topological polar surface area (TPSA) is 69.7 Å². The average Bonchev–Trinajstić information content (AvgIpc) is 3.10. The van der Waals surface area contributed by atoms with E-state index in [0.717, 1.165) is 24.8 Å². The zero-order valence-electron chi connectivity index (χ0n) is 22.4. The minimum absolute atomic E-state index is 0.00136. The summed E-state index contributed by atoms with van der Waals surface area (Å²) in [6, 6.07) is 0. The van der Waals surface area contributed by atoms with E-state index in [1.165, 1.54) is 13.0 Å². The van der Waals surface area contributed by atoms with Gasteiger partial charge >= 0.3 is 11.9 Å². The Labute approximate surface area is 210 Å². The van der Waals surface area contributed by atoms with Crippen LogP contribution in [0.3, 0.4) is 0 Å². The van der Waals surface area contributed by atoms with Gasteiger partial charge in [-0.15, -0.1) is 0 Å². The fourth-order valence-corrected chi connectivity index (χ4v) is 6.14. The van der Waals surface area contributed by atoms with Crippen molar-refractivity contribution in [3.8, 4) is 0 Å². The molecule has 6 unspecified atom stereocenters. The maximum atomic E-state index is 13.8. The number of allylic oxidation sites excluding steroid dienone is 4. The molecule has 2 saturated carbocycles. The largest absolute Gasteiger partial charge is 0.455 e. The first-order chi connectivity index (χ1) is 16.4. The van der Waals surface area contributed by atoms with Crippen LogP contribution in [0, 0.1) is 29.1 Å². The van der Waals surface area contributed by atoms with Gasteiger partial charge in [0.2, 0.25) is 5.78 Å². The van der Waals surface area contributed by atoms with E-state index in [0.29, 0.717) is 24.3 Å². The molecule has 35 heavy (non-hydrogen) atoms. The third-order valence-corrected chi connectivity index (χ3v) is 8.18. The summed E-state index contributed by atoms with van der Waals surface area (Å²) >= 11 is 0. The summed E-state index contributed by atoms with van der Waals surface area (Å²) in [5, 5.41) is 0. The van der Waals surface area contributed by atoms with Crippen molar-refractivity contribution in [2.45, 2.75) is 92.3 Å². The van der Waals surface area contributed by atoms with Gasteiger partial charge in [-0.1, -0.05) is 64.5 Å². The third kappa shape index (κ3) is 5.87. The molecule has 6 atom stereocenters. The van der Waals surface area contributed by atoms with Gasteiger partial charge in [0.25, 0.3) is 0 Å². The van der Waals surface area contributed by atoms with Crippen LogP contribution in [0.5, 0.6) is 0 Å². The smallest absolute Gasteiger partial charge is 0.331 e. The molecule has 0 aromatic heterocycles. The quantitative estimate of drug-likeness (QED) is 0.192. The molecule has 192 valence electrons. The Kier molecular flexibility index (Phi) is 8.28. The summed E-state index contributed by atoms with van der Waals surface area (Å²) < 4.78 is 11.9. The Bertz CT molecular complexity index is 965. The highest BCUT2D eigenvalue weighted by atomic mass is 16.6. The predicted octanol–water partition coefficient (Wildman–Crippen LogP) is 6.30. The molecule has 0 bridgehead atoms. The Morgan fingerprint density at radius 2 is 1.86 bits per heavy atom. The van der Waals surface area contributed by atoms with E-state index in [1.54, 1.807) is 6.08 Å². The third-order valence-electron chi connectivity index (χ3n) is 8.18. The zero-order chi connectivity index (χ0) is 26.0. The Hall–Kier alpha value is -2.43. The molecule has 3 aliphatic rings. The number of esters is 2. The highest BCUT2D eigenvalue weighted by molar-refractivity contribution is 6.03. The fraction of sp³-hybridized carbons (Fsp3) is 0.633. The molecule has 3 aliphatic carbocycles. The van der Waals surface area contributed by atoms with Gasteiger partial charge in [-0.3, -0.25) is 9.59 Å². The Morgan fingerprint density at radius 1 is 1.14 bits per heavy atom. The number of Topliss-reactive ketones (excluding diaryl/α,β-unsaturated/α-hetero) is 1. The summed E-state index contributed by atoms with van der Waals surface area (Å²) in [7, 11) is 0. The molecule has 0 amide bonds. The number of hydrogen-bond acceptors (Lipinski definition) is 5. The number of carbonyl (C=O) groups is 3. The molecular formula is C30H42O5. The van der Waals surface area contributed by atoms with Crippen LogP contribution in [-0.2, 0) is 23.9 Å². The molecule has 0 spiro atoms. The second-order valence-corrected chi connectivity index (χ2v) is 11.4. The van der Waals surface area contributed by atoms with Crippen LogP contribution in [0.4, 0.5) is 0 Å². The molecule has 0 N–H and O–H groups in total. The van der Waals surface area contributed by atoms with E-state index >= 15 is 0 Å². The fourth-order valence-electron chi connectivity index (χ4n) is 6.14. The van der Waals surface area contributed by atoms with Crippen LogP contribution < -0.4 is 0 Å². The van der Waals surface area contributed by atoms with Crippen molar-refractivity contribution in [1.29, 1.82) is 0 Å². The lowest BCUT2D eigenvalue weighted by molar-refractivity contribution is -0.166. The van der Waals surface area contributed by atoms with Crippen molar-refractivity contribution in [2.75, 3.05) is 0 Å². The van der Waals surface area contributed by atoms with E-state index < -0.39 is 17.7 Å². The zero-order valence-corrected chi connectivity index (χ0v) is 22.4. The van der Waals surface area contributed by atoms with Crippen LogP contribution in [-0.4, -0.2) is 29.4 Å². The number of unbranched alkanes of at least 4 members (excludes halogenated alkanes) is 1. The first kappa shape index (κ1) is 27.2. The van der Waals surface area contributed by atoms with Gasteiger partial charge < -0.3 is 9.47 Å². The SMILES string of the molecule is CCCC=CC=CC(=O)OC1CC2C(C=C(C)C(=O)C3(OC(C)=O)CC(C)CC3C=C1C)C2(C)C. The molecule has 0 heterocycles. The first-order valence-corrected chi connectivity index (χ1v) is 13.1. The highest BCUT2D eigenvalue weighted by Crippen LogP contribution is 2.62. The average molecular weight is 483 g/mol. The van der Waals surface area contributed by atoms with Crippen LogP contribution >= 0.6 is 0 Å². The number of ketones is 1. The standard InChI is InChI=1S/C30H42O5/c1-8-9-10-11-12-13-27(32)34-26-17-25-24(29(25,6)7)16-21(4)28(33)30(35-22(5)31)18-19(2)14-23(30)15-20(26)3/h10-13,15-16,19,23-26H,8-9,14,17-18H2,1-7H3. The lowest BCUT2D eigenvalue weighted by atomic mass is 9.81. The van der Waals surface area contributed by atoms with Crippen LogP contribution in [0.2, 0.25) is 0 Å². The van der Waals surface area contributed by atoms with Gasteiger partial charge in [0.15, 0.2) is 5.60 Å². The van der Waals surface area contributed by atoms with Crippen molar-refractivity contribution in [3.05, 3.63) is 47.6 Å². The lowest BCUT2D eigenvalue weighted by Crippen LogP contribution is -2.46. The van der Waals surface area contributed by atoms with Gasteiger partial charge in [-0.25, -0.2) is 4.79 Å². The second-order valence-electron chi connectivity index (χ2n) is 11.4. The predicted molar refractivity (Wildman–Crippen MR) is 137 cm³/mol. The van der Waals surface area contributed by atoms with Gasteiger partial charge in [0.1, 0.15) is 6.10 Å². The molecule has 5 heteroatoms. The highest BCUT2D eigenvalue weighted by Gasteiger charge is 2.59. The molecule has 2 fully saturated rings. The van der Waals surface area contributed by atoms with Crippen molar-refractivity contribution in [1.82, 2.24) is 0 Å². The van der Waals surface area contributed by atoms with E-state index in [1.807, 2.05) is 32.1 Å². The molecular weight excluding hydrogens is 440 g/mol. The molecule has 0 aliphatic heterocycles. The van der Waals surface area contributed by atoms with E-state index in [4.69, 9.17) is 9.47 Å². The molecule has 0 aromatic rings. The van der Waals surface area contributed by atoms with Crippen molar-refractivity contribution < 1.29 is 23.9 Å². The summed E-state index contributed by atoms with van der Waals surface area (Å²) in [6.07, 6.45) is 14.8. The molecule has 0 aromatic carbocycles. The minimum Gasteiger partial charge on any atom is -0.455 e. The second kappa shape index (κ2) is 10.7. The van der Waals surface area contributed by atoms with Crippen LogP contribution in [0.1, 0.15) is 80.6 Å². The monoisotopic (exact) mass is 482 g/mol. The van der Waals surface area contributed by atoms with Crippen LogP contribution in [0.25, 0.3) is 0 Å². The maximum absolute atomic E-state index is 13.8. The minimum atomic E-state index is -1.20. The Balaban J connectivity index is 1.98. The maximum Gasteiger partial charge on any atom is 0.331 e. The number of carbonyl (C=O) groups excluding carboxylic acids is 3. The van der Waals surface area contributed by atoms with Crippen molar-refractivity contribution in [3.63, 3.8) is 0 Å². The van der Waals surface area contributed by atoms with Gasteiger partial charge in [0.05, 0.1) is 0 Å². The molecule has 0 radical (unpaired) electrons. The Morgan fingerprint density at radius 3 is 2.51 bits per heavy atom. The van der Waals surface area contributed by atoms with Gasteiger partial charge in [0, 0.05) is 18.9 Å². The van der Waals surface area contributed by atoms with Gasteiger partial charge in [-0.05, 0) is 73.8 Å². The number of hydrogen-bond donors (Lipinski definition) is 0. The number of fused-ring (bicyclic) bond motifs is 2. The normalized spacial score (nSPS) is 34.5. The van der Waals surface area contributed by atoms with E-state index in [9.17, 15) is 14.4 Å². The summed E-state index contributed by atoms with van der Waals surface area (Å²) in [6.45, 7) is 13.8. The van der Waals surface area contributed by atoms with Crippen molar-refractivity contribution >= 4 is 17.7 Å². The summed E-state index contributed by atoms with van der Waals surface area (Å²) in [4.78, 5) is 38.7.